The average molecular weight is 211 g/mol. The average Bonchev–Trinajstić information content (AvgIpc) is 2.18. The second-order valence-electron chi connectivity index (χ2n) is 5.56. The third-order valence-corrected chi connectivity index (χ3v) is 2.96. The Bertz CT molecular complexity index is 197. The quantitative estimate of drug-likeness (QED) is 0.665. The highest BCUT2D eigenvalue weighted by molar-refractivity contribution is 5.75. The SMILES string of the molecule is CC(C)(C)C(=O)O[CH]CC1CCCCC1. The lowest BCUT2D eigenvalue weighted by Crippen LogP contribution is -2.22. The molecule has 0 spiro atoms. The highest BCUT2D eigenvalue weighted by Crippen LogP contribution is 2.27. The summed E-state index contributed by atoms with van der Waals surface area (Å²) in [6, 6.07) is 0. The first-order valence-corrected chi connectivity index (χ1v) is 6.03. The van der Waals surface area contributed by atoms with Crippen molar-refractivity contribution in [2.45, 2.75) is 59.3 Å². The molecule has 0 unspecified atom stereocenters. The number of rotatable bonds is 3. The maximum absolute atomic E-state index is 11.5. The fourth-order valence-corrected chi connectivity index (χ4v) is 1.86. The Balaban J connectivity index is 2.12. The van der Waals surface area contributed by atoms with E-state index in [0.29, 0.717) is 0 Å². The smallest absolute Gasteiger partial charge is 0.311 e. The van der Waals surface area contributed by atoms with Crippen molar-refractivity contribution in [2.75, 3.05) is 0 Å². The first-order valence-electron chi connectivity index (χ1n) is 6.03. The van der Waals surface area contributed by atoms with Gasteiger partial charge in [0.05, 0.1) is 5.41 Å². The van der Waals surface area contributed by atoms with E-state index in [0.717, 1.165) is 12.3 Å². The van der Waals surface area contributed by atoms with Crippen molar-refractivity contribution in [3.05, 3.63) is 6.61 Å². The summed E-state index contributed by atoms with van der Waals surface area (Å²) in [7, 11) is 0. The van der Waals surface area contributed by atoms with Crippen LogP contribution in [0.2, 0.25) is 0 Å². The molecule has 87 valence electrons. The summed E-state index contributed by atoms with van der Waals surface area (Å²) >= 11 is 0. The molecular formula is C13H23O2. The van der Waals surface area contributed by atoms with Gasteiger partial charge in [0.1, 0.15) is 6.61 Å². The van der Waals surface area contributed by atoms with Crippen LogP contribution in [0, 0.1) is 17.9 Å². The number of esters is 1. The molecule has 0 saturated heterocycles. The molecule has 0 atom stereocenters. The fourth-order valence-electron chi connectivity index (χ4n) is 1.86. The lowest BCUT2D eigenvalue weighted by Gasteiger charge is -2.22. The van der Waals surface area contributed by atoms with Gasteiger partial charge in [-0.25, -0.2) is 0 Å². The molecule has 0 amide bonds. The van der Waals surface area contributed by atoms with Crippen molar-refractivity contribution in [3.63, 3.8) is 0 Å². The van der Waals surface area contributed by atoms with Crippen LogP contribution in [-0.2, 0) is 9.53 Å². The summed E-state index contributed by atoms with van der Waals surface area (Å²) in [5.74, 6) is 0.616. The summed E-state index contributed by atoms with van der Waals surface area (Å²) in [6.07, 6.45) is 7.57. The maximum Gasteiger partial charge on any atom is 0.311 e. The largest absolute Gasteiger partial charge is 0.458 e. The van der Waals surface area contributed by atoms with Crippen molar-refractivity contribution < 1.29 is 9.53 Å². The zero-order valence-corrected chi connectivity index (χ0v) is 10.2. The van der Waals surface area contributed by atoms with Crippen LogP contribution in [0.4, 0.5) is 0 Å². The van der Waals surface area contributed by atoms with Crippen molar-refractivity contribution in [2.24, 2.45) is 11.3 Å². The minimum absolute atomic E-state index is 0.127. The van der Waals surface area contributed by atoms with Gasteiger partial charge in [0.25, 0.3) is 0 Å². The van der Waals surface area contributed by atoms with Gasteiger partial charge >= 0.3 is 5.97 Å². The number of carbonyl (C=O) groups excluding carboxylic acids is 1. The highest BCUT2D eigenvalue weighted by Gasteiger charge is 2.23. The first kappa shape index (κ1) is 12.5. The maximum atomic E-state index is 11.5. The Kier molecular flexibility index (Phi) is 4.62. The summed E-state index contributed by atoms with van der Waals surface area (Å²) in [5.41, 5.74) is -0.386. The predicted molar refractivity (Wildman–Crippen MR) is 61.0 cm³/mol. The van der Waals surface area contributed by atoms with Gasteiger partial charge in [-0.3, -0.25) is 4.79 Å². The summed E-state index contributed by atoms with van der Waals surface area (Å²) < 4.78 is 5.15. The van der Waals surface area contributed by atoms with Gasteiger partial charge < -0.3 is 4.74 Å². The van der Waals surface area contributed by atoms with Gasteiger partial charge in [0, 0.05) is 0 Å². The number of hydrogen-bond donors (Lipinski definition) is 0. The van der Waals surface area contributed by atoms with E-state index in [1.165, 1.54) is 32.1 Å². The molecular weight excluding hydrogens is 188 g/mol. The monoisotopic (exact) mass is 211 g/mol. The minimum atomic E-state index is -0.386. The Morgan fingerprint density at radius 3 is 2.40 bits per heavy atom. The Labute approximate surface area is 93.4 Å². The van der Waals surface area contributed by atoms with Gasteiger partial charge in [-0.1, -0.05) is 32.1 Å². The van der Waals surface area contributed by atoms with Crippen LogP contribution in [0.5, 0.6) is 0 Å². The Morgan fingerprint density at radius 1 is 1.27 bits per heavy atom. The molecule has 0 aliphatic heterocycles. The van der Waals surface area contributed by atoms with Crippen molar-refractivity contribution in [1.29, 1.82) is 0 Å². The molecule has 1 fully saturated rings. The standard InChI is InChI=1S/C13H23O2/c1-13(2,3)12(14)15-10-9-11-7-5-4-6-8-11/h10-11H,4-9H2,1-3H3. The zero-order valence-electron chi connectivity index (χ0n) is 10.2. The second-order valence-corrected chi connectivity index (χ2v) is 5.56. The van der Waals surface area contributed by atoms with E-state index >= 15 is 0 Å². The van der Waals surface area contributed by atoms with Crippen LogP contribution in [0.3, 0.4) is 0 Å². The minimum Gasteiger partial charge on any atom is -0.458 e. The lowest BCUT2D eigenvalue weighted by molar-refractivity contribution is -0.149. The molecule has 0 aromatic heterocycles. The summed E-state index contributed by atoms with van der Waals surface area (Å²) in [6.45, 7) is 7.35. The molecule has 1 aliphatic rings. The molecule has 0 N–H and O–H groups in total. The zero-order chi connectivity index (χ0) is 11.3. The van der Waals surface area contributed by atoms with Crippen molar-refractivity contribution in [3.8, 4) is 0 Å². The van der Waals surface area contributed by atoms with E-state index in [1.54, 1.807) is 6.61 Å². The van der Waals surface area contributed by atoms with Gasteiger partial charge in [-0.05, 0) is 33.1 Å². The van der Waals surface area contributed by atoms with E-state index < -0.39 is 0 Å². The Hall–Kier alpha value is -0.530. The fraction of sp³-hybridized carbons (Fsp3) is 0.846. The third kappa shape index (κ3) is 4.67. The molecule has 0 aromatic rings. The van der Waals surface area contributed by atoms with E-state index in [1.807, 2.05) is 20.8 Å². The number of hydrogen-bond acceptors (Lipinski definition) is 2. The predicted octanol–water partition coefficient (Wildman–Crippen LogP) is 3.71. The molecule has 0 aromatic carbocycles. The topological polar surface area (TPSA) is 26.3 Å². The van der Waals surface area contributed by atoms with Gasteiger partial charge in [-0.2, -0.15) is 0 Å². The summed E-state index contributed by atoms with van der Waals surface area (Å²) in [4.78, 5) is 11.5. The van der Waals surface area contributed by atoms with E-state index in [2.05, 4.69) is 0 Å². The van der Waals surface area contributed by atoms with Crippen LogP contribution in [0.25, 0.3) is 0 Å². The van der Waals surface area contributed by atoms with Crippen LogP contribution in [0.1, 0.15) is 59.3 Å². The van der Waals surface area contributed by atoms with Crippen LogP contribution >= 0.6 is 0 Å². The Morgan fingerprint density at radius 2 is 1.87 bits per heavy atom. The molecule has 1 radical (unpaired) electrons. The molecule has 15 heavy (non-hydrogen) atoms. The second kappa shape index (κ2) is 5.53. The molecule has 1 aliphatic carbocycles. The van der Waals surface area contributed by atoms with Crippen LogP contribution in [0.15, 0.2) is 0 Å². The molecule has 1 saturated carbocycles. The van der Waals surface area contributed by atoms with Gasteiger partial charge in [0.15, 0.2) is 0 Å². The number of carbonyl (C=O) groups is 1. The van der Waals surface area contributed by atoms with E-state index in [-0.39, 0.29) is 11.4 Å². The summed E-state index contributed by atoms with van der Waals surface area (Å²) in [5, 5.41) is 0. The van der Waals surface area contributed by atoms with E-state index in [9.17, 15) is 4.79 Å². The van der Waals surface area contributed by atoms with Gasteiger partial charge in [0.2, 0.25) is 0 Å². The normalized spacial score (nSPS) is 18.9. The molecule has 0 bridgehead atoms. The highest BCUT2D eigenvalue weighted by atomic mass is 16.5. The number of ether oxygens (including phenoxy) is 1. The lowest BCUT2D eigenvalue weighted by atomic mass is 9.87. The van der Waals surface area contributed by atoms with Crippen molar-refractivity contribution >= 4 is 5.97 Å². The molecule has 1 rings (SSSR count). The molecule has 0 heterocycles. The van der Waals surface area contributed by atoms with E-state index in [4.69, 9.17) is 4.74 Å². The van der Waals surface area contributed by atoms with Crippen molar-refractivity contribution in [1.82, 2.24) is 0 Å². The van der Waals surface area contributed by atoms with Crippen LogP contribution in [-0.4, -0.2) is 5.97 Å². The van der Waals surface area contributed by atoms with Crippen LogP contribution < -0.4 is 0 Å². The molecule has 2 nitrogen and oxygen atoms in total. The van der Waals surface area contributed by atoms with Gasteiger partial charge in [-0.15, -0.1) is 0 Å². The third-order valence-electron chi connectivity index (χ3n) is 2.96. The molecule has 2 heteroatoms. The first-order chi connectivity index (χ1) is 7.00.